The van der Waals surface area contributed by atoms with E-state index in [1.807, 2.05) is 0 Å². The van der Waals surface area contributed by atoms with Crippen LogP contribution >= 0.6 is 0 Å². The molecule has 0 heterocycles. The van der Waals surface area contributed by atoms with Crippen LogP contribution in [0.4, 0.5) is 0 Å². The Morgan fingerprint density at radius 1 is 0.767 bits per heavy atom. The number of benzene rings is 1. The molecule has 1 aliphatic rings. The number of sulfonamides is 1. The number of fused-ring (bicyclic) bond motifs is 1. The highest BCUT2D eigenvalue weighted by Crippen LogP contribution is 2.24. The van der Waals surface area contributed by atoms with Gasteiger partial charge in [0.25, 0.3) is 0 Å². The third-order valence-corrected chi connectivity index (χ3v) is 7.59. The van der Waals surface area contributed by atoms with Crippen molar-refractivity contribution in [3.05, 3.63) is 29.3 Å². The molecule has 0 bridgehead atoms. The Bertz CT molecular complexity index is 743. The maximum absolute atomic E-state index is 12.5. The van der Waals surface area contributed by atoms with Gasteiger partial charge in [0, 0.05) is 18.5 Å². The van der Waals surface area contributed by atoms with E-state index in [-0.39, 0.29) is 10.7 Å². The van der Waals surface area contributed by atoms with E-state index in [4.69, 9.17) is 0 Å². The highest BCUT2D eigenvalue weighted by atomic mass is 32.2. The Labute approximate surface area is 184 Å². The van der Waals surface area contributed by atoms with Crippen molar-refractivity contribution >= 4 is 15.8 Å². The molecule has 5 heteroatoms. The van der Waals surface area contributed by atoms with Gasteiger partial charge in [-0.3, -0.25) is 4.79 Å². The van der Waals surface area contributed by atoms with Crippen LogP contribution in [0.25, 0.3) is 0 Å². The van der Waals surface area contributed by atoms with Gasteiger partial charge in [0.15, 0.2) is 5.78 Å². The van der Waals surface area contributed by atoms with Gasteiger partial charge in [0.05, 0.1) is 4.90 Å². The molecule has 0 spiro atoms. The van der Waals surface area contributed by atoms with Crippen molar-refractivity contribution in [2.45, 2.75) is 115 Å². The number of rotatable bonds is 17. The first-order valence-electron chi connectivity index (χ1n) is 12.2. The number of carbonyl (C=O) groups is 1. The number of aryl methyl sites for hydroxylation is 1. The largest absolute Gasteiger partial charge is 0.294 e. The minimum absolute atomic E-state index is 0.115. The van der Waals surface area contributed by atoms with E-state index >= 15 is 0 Å². The van der Waals surface area contributed by atoms with E-state index in [2.05, 4.69) is 11.6 Å². The topological polar surface area (TPSA) is 63.2 Å². The summed E-state index contributed by atoms with van der Waals surface area (Å²) in [5.41, 5.74) is 1.54. The monoisotopic (exact) mass is 435 g/mol. The molecule has 1 aromatic carbocycles. The van der Waals surface area contributed by atoms with Crippen molar-refractivity contribution in [3.63, 3.8) is 0 Å². The van der Waals surface area contributed by atoms with Crippen molar-refractivity contribution in [2.24, 2.45) is 0 Å². The minimum Gasteiger partial charge on any atom is -0.294 e. The lowest BCUT2D eigenvalue weighted by Gasteiger charge is -2.08. The average molecular weight is 436 g/mol. The van der Waals surface area contributed by atoms with E-state index in [0.29, 0.717) is 24.9 Å². The van der Waals surface area contributed by atoms with Crippen LogP contribution in [0.5, 0.6) is 0 Å². The fourth-order valence-corrected chi connectivity index (χ4v) is 5.33. The van der Waals surface area contributed by atoms with Crippen LogP contribution in [0, 0.1) is 0 Å². The second-order valence-electron chi connectivity index (χ2n) is 8.74. The SMILES string of the molecule is CCCCCCCCCCCCCCCCNS(=O)(=O)c1ccc2c(c1)CCC2=O. The zero-order valence-electron chi connectivity index (χ0n) is 18.9. The first-order valence-corrected chi connectivity index (χ1v) is 13.7. The normalized spacial score (nSPS) is 13.7. The van der Waals surface area contributed by atoms with Crippen LogP contribution in [0.15, 0.2) is 23.1 Å². The summed E-state index contributed by atoms with van der Waals surface area (Å²) in [5, 5.41) is 0. The molecule has 30 heavy (non-hydrogen) atoms. The molecule has 1 N–H and O–H groups in total. The highest BCUT2D eigenvalue weighted by molar-refractivity contribution is 7.89. The number of ketones is 1. The van der Waals surface area contributed by atoms with Gasteiger partial charge < -0.3 is 0 Å². The van der Waals surface area contributed by atoms with E-state index < -0.39 is 10.0 Å². The fourth-order valence-electron chi connectivity index (χ4n) is 4.21. The molecule has 4 nitrogen and oxygen atoms in total. The van der Waals surface area contributed by atoms with Crippen LogP contribution < -0.4 is 4.72 Å². The number of Topliss-reactive ketones (excluding diaryl/α,β-unsaturated/α-hetero) is 1. The fraction of sp³-hybridized carbons (Fsp3) is 0.720. The molecule has 0 atom stereocenters. The second-order valence-corrected chi connectivity index (χ2v) is 10.5. The molecule has 1 aliphatic carbocycles. The molecule has 0 saturated carbocycles. The Kier molecular flexibility index (Phi) is 11.7. The third-order valence-electron chi connectivity index (χ3n) is 6.13. The smallest absolute Gasteiger partial charge is 0.240 e. The van der Waals surface area contributed by atoms with Crippen LogP contribution in [-0.4, -0.2) is 20.7 Å². The summed E-state index contributed by atoms with van der Waals surface area (Å²) in [5.74, 6) is 0.115. The van der Waals surface area contributed by atoms with Gasteiger partial charge in [-0.1, -0.05) is 90.4 Å². The molecule has 0 aromatic heterocycles. The Morgan fingerprint density at radius 2 is 1.30 bits per heavy atom. The third kappa shape index (κ3) is 8.89. The van der Waals surface area contributed by atoms with Crippen molar-refractivity contribution in [2.75, 3.05) is 6.54 Å². The quantitative estimate of drug-likeness (QED) is 0.281. The molecule has 0 fully saturated rings. The van der Waals surface area contributed by atoms with E-state index in [1.54, 1.807) is 18.2 Å². The maximum atomic E-state index is 12.5. The van der Waals surface area contributed by atoms with Crippen molar-refractivity contribution < 1.29 is 13.2 Å². The number of carbonyl (C=O) groups excluding carboxylic acids is 1. The van der Waals surface area contributed by atoms with Gasteiger partial charge in [-0.05, 0) is 36.6 Å². The Hall–Kier alpha value is -1.20. The van der Waals surface area contributed by atoms with Crippen LogP contribution in [0.3, 0.4) is 0 Å². The maximum Gasteiger partial charge on any atom is 0.240 e. The molecular formula is C25H41NO3S. The van der Waals surface area contributed by atoms with Gasteiger partial charge in [-0.2, -0.15) is 0 Å². The highest BCUT2D eigenvalue weighted by Gasteiger charge is 2.22. The molecule has 0 amide bonds. The predicted octanol–water partition coefficient (Wildman–Crippen LogP) is 6.58. The minimum atomic E-state index is -3.48. The van der Waals surface area contributed by atoms with Gasteiger partial charge in [-0.25, -0.2) is 13.1 Å². The standard InChI is InChI=1S/C25H41NO3S/c1-2-3-4-5-6-7-8-9-10-11-12-13-14-15-20-26-30(28,29)23-17-18-24-22(21-23)16-19-25(24)27/h17-18,21,26H,2-16,19-20H2,1H3. The van der Waals surface area contributed by atoms with E-state index in [9.17, 15) is 13.2 Å². The summed E-state index contributed by atoms with van der Waals surface area (Å²) in [6.45, 7) is 2.74. The molecule has 2 rings (SSSR count). The molecular weight excluding hydrogens is 394 g/mol. The van der Waals surface area contributed by atoms with E-state index in [1.165, 1.54) is 77.0 Å². The summed E-state index contributed by atoms with van der Waals surface area (Å²) < 4.78 is 27.6. The molecule has 0 radical (unpaired) electrons. The van der Waals surface area contributed by atoms with Crippen molar-refractivity contribution in [1.29, 1.82) is 0 Å². The predicted molar refractivity (Wildman–Crippen MR) is 125 cm³/mol. The summed E-state index contributed by atoms with van der Waals surface area (Å²) >= 11 is 0. The number of nitrogens with one attached hydrogen (secondary N) is 1. The van der Waals surface area contributed by atoms with Crippen LogP contribution in [0.2, 0.25) is 0 Å². The number of hydrogen-bond acceptors (Lipinski definition) is 3. The van der Waals surface area contributed by atoms with E-state index in [0.717, 1.165) is 18.4 Å². The van der Waals surface area contributed by atoms with Gasteiger partial charge in [-0.15, -0.1) is 0 Å². The lowest BCUT2D eigenvalue weighted by Crippen LogP contribution is -2.25. The van der Waals surface area contributed by atoms with Gasteiger partial charge in [0.2, 0.25) is 10.0 Å². The second kappa shape index (κ2) is 14.0. The Balaban J connectivity index is 1.46. The zero-order chi connectivity index (χ0) is 21.7. The summed E-state index contributed by atoms with van der Waals surface area (Å²) in [6.07, 6.45) is 19.2. The lowest BCUT2D eigenvalue weighted by molar-refractivity contribution is 0.0994. The van der Waals surface area contributed by atoms with Crippen LogP contribution in [0.1, 0.15) is 119 Å². The molecule has 0 saturated heterocycles. The van der Waals surface area contributed by atoms with Gasteiger partial charge >= 0.3 is 0 Å². The average Bonchev–Trinajstić information content (AvgIpc) is 3.11. The first-order chi connectivity index (χ1) is 14.5. The molecule has 0 aliphatic heterocycles. The van der Waals surface area contributed by atoms with Crippen LogP contribution in [-0.2, 0) is 16.4 Å². The first kappa shape index (κ1) is 25.1. The van der Waals surface area contributed by atoms with Gasteiger partial charge in [0.1, 0.15) is 0 Å². The van der Waals surface area contributed by atoms with Crippen molar-refractivity contribution in [3.8, 4) is 0 Å². The molecule has 0 unspecified atom stereocenters. The number of unbranched alkanes of at least 4 members (excludes halogenated alkanes) is 13. The zero-order valence-corrected chi connectivity index (χ0v) is 19.7. The summed E-state index contributed by atoms with van der Waals surface area (Å²) in [4.78, 5) is 12.0. The Morgan fingerprint density at radius 3 is 1.87 bits per heavy atom. The molecule has 170 valence electrons. The lowest BCUT2D eigenvalue weighted by atomic mass is 10.0. The summed E-state index contributed by atoms with van der Waals surface area (Å²) in [6, 6.07) is 4.87. The van der Waals surface area contributed by atoms with Crippen molar-refractivity contribution in [1.82, 2.24) is 4.72 Å². The molecule has 1 aromatic rings. The number of hydrogen-bond donors (Lipinski definition) is 1. The summed E-state index contributed by atoms with van der Waals surface area (Å²) in [7, 11) is -3.48.